The van der Waals surface area contributed by atoms with Crippen molar-refractivity contribution in [3.05, 3.63) is 29.8 Å². The van der Waals surface area contributed by atoms with Gasteiger partial charge >= 0.3 is 0 Å². The molecule has 1 fully saturated rings. The molecule has 2 aliphatic heterocycles. The second kappa shape index (κ2) is 7.33. The number of carbonyl (C=O) groups is 1. The fourth-order valence-electron chi connectivity index (χ4n) is 3.63. The van der Waals surface area contributed by atoms with Crippen LogP contribution in [0.15, 0.2) is 24.3 Å². The number of sulfone groups is 1. The number of benzene rings is 1. The average Bonchev–Trinajstić information content (AvgIpc) is 2.77. The van der Waals surface area contributed by atoms with Gasteiger partial charge in [0.15, 0.2) is 9.84 Å². The molecule has 6 nitrogen and oxygen atoms in total. The van der Waals surface area contributed by atoms with Crippen LogP contribution in [0.3, 0.4) is 0 Å². The summed E-state index contributed by atoms with van der Waals surface area (Å²) < 4.78 is 29.3. The summed E-state index contributed by atoms with van der Waals surface area (Å²) in [5.74, 6) is 1.13. The molecule has 2 aliphatic rings. The molecule has 2 unspecified atom stereocenters. The average molecular weight is 366 g/mol. The third-order valence-corrected chi connectivity index (χ3v) is 6.71. The van der Waals surface area contributed by atoms with E-state index in [0.717, 1.165) is 11.3 Å². The Morgan fingerprint density at radius 3 is 2.76 bits per heavy atom. The molecule has 7 heteroatoms. The lowest BCUT2D eigenvalue weighted by Crippen LogP contribution is -2.47. The number of hydrogen-bond donors (Lipinski definition) is 0. The van der Waals surface area contributed by atoms with E-state index in [-0.39, 0.29) is 29.4 Å². The molecule has 0 saturated carbocycles. The summed E-state index contributed by atoms with van der Waals surface area (Å²) in [6.45, 7) is 1.67. The van der Waals surface area contributed by atoms with E-state index in [2.05, 4.69) is 0 Å². The minimum absolute atomic E-state index is 0.0225. The van der Waals surface area contributed by atoms with Crippen LogP contribution in [0.2, 0.25) is 0 Å². The van der Waals surface area contributed by atoms with Crippen LogP contribution in [0, 0.1) is 5.92 Å². The van der Waals surface area contributed by atoms with Gasteiger partial charge in [0.2, 0.25) is 5.91 Å². The number of rotatable bonds is 4. The van der Waals surface area contributed by atoms with Gasteiger partial charge in [-0.2, -0.15) is 0 Å². The summed E-state index contributed by atoms with van der Waals surface area (Å²) >= 11 is 0. The topological polar surface area (TPSA) is 66.9 Å². The highest BCUT2D eigenvalue weighted by atomic mass is 32.2. The Kier molecular flexibility index (Phi) is 5.34. The van der Waals surface area contributed by atoms with E-state index < -0.39 is 9.84 Å². The maximum Gasteiger partial charge on any atom is 0.223 e. The number of amides is 1. The zero-order valence-electron chi connectivity index (χ0n) is 14.8. The van der Waals surface area contributed by atoms with Gasteiger partial charge in [0.05, 0.1) is 17.5 Å². The largest absolute Gasteiger partial charge is 0.491 e. The molecule has 3 rings (SSSR count). The lowest BCUT2D eigenvalue weighted by Gasteiger charge is -2.32. The van der Waals surface area contributed by atoms with Crippen LogP contribution in [-0.4, -0.2) is 68.9 Å². The van der Waals surface area contributed by atoms with Crippen LogP contribution in [0.1, 0.15) is 18.4 Å². The zero-order valence-corrected chi connectivity index (χ0v) is 15.7. The van der Waals surface area contributed by atoms with Gasteiger partial charge in [-0.3, -0.25) is 4.79 Å². The minimum atomic E-state index is -2.96. The first kappa shape index (κ1) is 18.2. The van der Waals surface area contributed by atoms with E-state index >= 15 is 0 Å². The molecule has 1 saturated heterocycles. The molecule has 0 spiro atoms. The fourth-order valence-corrected chi connectivity index (χ4v) is 5.49. The molecule has 1 amide bonds. The predicted molar refractivity (Wildman–Crippen MR) is 96.2 cm³/mol. The predicted octanol–water partition coefficient (Wildman–Crippen LogP) is 1.16. The van der Waals surface area contributed by atoms with Crippen molar-refractivity contribution in [2.75, 3.05) is 38.8 Å². The highest BCUT2D eigenvalue weighted by Crippen LogP contribution is 2.28. The number of likely N-dealkylation sites (N-methyl/N-ethyl adjacent to an activating group) is 1. The maximum atomic E-state index is 13.0. The normalized spacial score (nSPS) is 25.3. The first-order chi connectivity index (χ1) is 11.8. The Labute approximate surface area is 149 Å². The number of fused-ring (bicyclic) bond motifs is 1. The fraction of sp³-hybridized carbons (Fsp3) is 0.611. The molecule has 1 aromatic rings. The Hall–Kier alpha value is -1.60. The van der Waals surface area contributed by atoms with Crippen LogP contribution in [-0.2, 0) is 21.2 Å². The van der Waals surface area contributed by atoms with Crippen LogP contribution in [0.4, 0.5) is 0 Å². The van der Waals surface area contributed by atoms with Crippen LogP contribution < -0.4 is 4.74 Å². The zero-order chi connectivity index (χ0) is 18.0. The van der Waals surface area contributed by atoms with E-state index in [0.29, 0.717) is 32.5 Å². The van der Waals surface area contributed by atoms with Crippen molar-refractivity contribution in [1.29, 1.82) is 0 Å². The van der Waals surface area contributed by atoms with Crippen molar-refractivity contribution in [1.82, 2.24) is 9.80 Å². The first-order valence-corrected chi connectivity index (χ1v) is 10.5. The van der Waals surface area contributed by atoms with Crippen molar-refractivity contribution >= 4 is 15.7 Å². The van der Waals surface area contributed by atoms with E-state index in [9.17, 15) is 13.2 Å². The highest BCUT2D eigenvalue weighted by Gasteiger charge is 2.34. The van der Waals surface area contributed by atoms with Crippen molar-refractivity contribution in [3.8, 4) is 5.75 Å². The molecule has 2 heterocycles. The lowest BCUT2D eigenvalue weighted by molar-refractivity contribution is -0.135. The summed E-state index contributed by atoms with van der Waals surface area (Å²) in [4.78, 5) is 16.9. The van der Waals surface area contributed by atoms with Gasteiger partial charge in [0, 0.05) is 25.1 Å². The third-order valence-electron chi connectivity index (χ3n) is 4.87. The molecular weight excluding hydrogens is 340 g/mol. The first-order valence-electron chi connectivity index (χ1n) is 8.69. The number of ether oxygens (including phenoxy) is 1. The monoisotopic (exact) mass is 366 g/mol. The summed E-state index contributed by atoms with van der Waals surface area (Å²) in [5.41, 5.74) is 0.996. The SMILES string of the molecule is CN(C)CC1COc2ccccc2CN1C(=O)CC1CCS(=O)(=O)C1. The number of carbonyl (C=O) groups excluding carboxylic acids is 1. The van der Waals surface area contributed by atoms with E-state index in [1.807, 2.05) is 48.2 Å². The summed E-state index contributed by atoms with van der Waals surface area (Å²) in [6, 6.07) is 7.74. The van der Waals surface area contributed by atoms with E-state index in [1.165, 1.54) is 0 Å². The maximum absolute atomic E-state index is 13.0. The molecule has 0 aliphatic carbocycles. The Morgan fingerprint density at radius 2 is 2.08 bits per heavy atom. The Morgan fingerprint density at radius 1 is 1.32 bits per heavy atom. The van der Waals surface area contributed by atoms with Gasteiger partial charge < -0.3 is 14.5 Å². The second-order valence-electron chi connectivity index (χ2n) is 7.33. The number of hydrogen-bond acceptors (Lipinski definition) is 5. The number of para-hydroxylation sites is 1. The Bertz CT molecular complexity index is 732. The molecule has 1 aromatic carbocycles. The summed E-state index contributed by atoms with van der Waals surface area (Å²) in [7, 11) is 0.989. The molecule has 138 valence electrons. The van der Waals surface area contributed by atoms with Crippen LogP contribution >= 0.6 is 0 Å². The lowest BCUT2D eigenvalue weighted by atomic mass is 10.0. The van der Waals surface area contributed by atoms with Gasteiger partial charge in [0.1, 0.15) is 12.4 Å². The minimum Gasteiger partial charge on any atom is -0.491 e. The van der Waals surface area contributed by atoms with Crippen molar-refractivity contribution in [3.63, 3.8) is 0 Å². The van der Waals surface area contributed by atoms with Gasteiger partial charge in [-0.15, -0.1) is 0 Å². The smallest absolute Gasteiger partial charge is 0.223 e. The standard InChI is InChI=1S/C18H26N2O4S/c1-19(2)11-16-12-24-17-6-4-3-5-15(17)10-20(16)18(21)9-14-7-8-25(22,23)13-14/h3-6,14,16H,7-13H2,1-2H3. The van der Waals surface area contributed by atoms with Gasteiger partial charge in [0.25, 0.3) is 0 Å². The van der Waals surface area contributed by atoms with Crippen LogP contribution in [0.25, 0.3) is 0 Å². The molecular formula is C18H26N2O4S. The highest BCUT2D eigenvalue weighted by molar-refractivity contribution is 7.91. The Balaban J connectivity index is 1.77. The van der Waals surface area contributed by atoms with E-state index in [1.54, 1.807) is 0 Å². The van der Waals surface area contributed by atoms with Crippen molar-refractivity contribution < 1.29 is 17.9 Å². The van der Waals surface area contributed by atoms with Crippen LogP contribution in [0.5, 0.6) is 5.75 Å². The summed E-state index contributed by atoms with van der Waals surface area (Å²) in [6.07, 6.45) is 0.888. The van der Waals surface area contributed by atoms with E-state index in [4.69, 9.17) is 4.74 Å². The van der Waals surface area contributed by atoms with Gasteiger partial charge in [-0.1, -0.05) is 18.2 Å². The number of nitrogens with zero attached hydrogens (tertiary/aromatic N) is 2. The third kappa shape index (κ3) is 4.52. The quantitative estimate of drug-likeness (QED) is 0.800. The molecule has 0 bridgehead atoms. The van der Waals surface area contributed by atoms with Gasteiger partial charge in [-0.05, 0) is 32.5 Å². The van der Waals surface area contributed by atoms with Crippen molar-refractivity contribution in [2.24, 2.45) is 5.92 Å². The molecule has 0 radical (unpaired) electrons. The summed E-state index contributed by atoms with van der Waals surface area (Å²) in [5, 5.41) is 0. The molecule has 0 N–H and O–H groups in total. The molecule has 25 heavy (non-hydrogen) atoms. The second-order valence-corrected chi connectivity index (χ2v) is 9.56. The van der Waals surface area contributed by atoms with Gasteiger partial charge in [-0.25, -0.2) is 8.42 Å². The molecule has 2 atom stereocenters. The van der Waals surface area contributed by atoms with Crippen molar-refractivity contribution in [2.45, 2.75) is 25.4 Å². The molecule has 0 aromatic heterocycles.